The van der Waals surface area contributed by atoms with Crippen molar-refractivity contribution in [2.75, 3.05) is 17.2 Å². The first-order chi connectivity index (χ1) is 10.6. The Balaban J connectivity index is 2.00. The lowest BCUT2D eigenvalue weighted by atomic mass is 10.1. The van der Waals surface area contributed by atoms with Gasteiger partial charge in [-0.25, -0.2) is 0 Å². The molecular formula is C18H19N3O. The maximum Gasteiger partial charge on any atom is 0.243 e. The number of nitrogens with zero attached hydrogens (tertiary/aromatic N) is 1. The number of nitrogens with one attached hydrogen (secondary N) is 2. The van der Waals surface area contributed by atoms with Crippen molar-refractivity contribution >= 4 is 17.3 Å². The molecule has 112 valence electrons. The molecule has 0 heterocycles. The number of aryl methyl sites for hydroxylation is 2. The topological polar surface area (TPSA) is 64.9 Å². The summed E-state index contributed by atoms with van der Waals surface area (Å²) in [6, 6.07) is 15.1. The van der Waals surface area contributed by atoms with Gasteiger partial charge in [-0.05, 0) is 42.7 Å². The predicted molar refractivity (Wildman–Crippen MR) is 88.8 cm³/mol. The highest BCUT2D eigenvalue weighted by Crippen LogP contribution is 2.21. The van der Waals surface area contributed by atoms with E-state index >= 15 is 0 Å². The molecule has 0 saturated heterocycles. The first-order valence-corrected chi connectivity index (χ1v) is 7.26. The van der Waals surface area contributed by atoms with Gasteiger partial charge in [-0.3, -0.25) is 4.79 Å². The van der Waals surface area contributed by atoms with Gasteiger partial charge < -0.3 is 10.6 Å². The molecule has 4 nitrogen and oxygen atoms in total. The highest BCUT2D eigenvalue weighted by molar-refractivity contribution is 5.95. The summed E-state index contributed by atoms with van der Waals surface area (Å²) in [6.07, 6.45) is 0.870. The molecule has 0 saturated carbocycles. The van der Waals surface area contributed by atoms with Crippen molar-refractivity contribution in [2.24, 2.45) is 0 Å². The van der Waals surface area contributed by atoms with Crippen LogP contribution in [0.25, 0.3) is 0 Å². The molecule has 0 atom stereocenters. The lowest BCUT2D eigenvalue weighted by Gasteiger charge is -2.13. The summed E-state index contributed by atoms with van der Waals surface area (Å²) in [5, 5.41) is 14.9. The summed E-state index contributed by atoms with van der Waals surface area (Å²) in [4.78, 5) is 12.1. The number of amides is 1. The van der Waals surface area contributed by atoms with E-state index in [2.05, 4.69) is 23.6 Å². The lowest BCUT2D eigenvalue weighted by molar-refractivity contribution is -0.114. The fourth-order valence-electron chi connectivity index (χ4n) is 2.27. The summed E-state index contributed by atoms with van der Waals surface area (Å²) < 4.78 is 0. The van der Waals surface area contributed by atoms with Crippen molar-refractivity contribution < 1.29 is 4.79 Å². The molecule has 0 bridgehead atoms. The number of hydrogen-bond acceptors (Lipinski definition) is 3. The molecule has 0 aliphatic heterocycles. The van der Waals surface area contributed by atoms with E-state index in [4.69, 9.17) is 5.26 Å². The maximum atomic E-state index is 12.1. The zero-order valence-electron chi connectivity index (χ0n) is 12.8. The van der Waals surface area contributed by atoms with E-state index in [0.717, 1.165) is 28.9 Å². The minimum atomic E-state index is -0.105. The van der Waals surface area contributed by atoms with E-state index in [9.17, 15) is 4.79 Å². The molecule has 22 heavy (non-hydrogen) atoms. The third-order valence-corrected chi connectivity index (χ3v) is 3.45. The highest BCUT2D eigenvalue weighted by Gasteiger charge is 2.08. The normalized spacial score (nSPS) is 9.86. The average Bonchev–Trinajstić information content (AvgIpc) is 2.55. The van der Waals surface area contributed by atoms with Crippen LogP contribution in [0.2, 0.25) is 0 Å². The van der Waals surface area contributed by atoms with Crippen molar-refractivity contribution in [1.82, 2.24) is 0 Å². The molecule has 2 rings (SSSR count). The van der Waals surface area contributed by atoms with Crippen LogP contribution in [0.1, 0.15) is 23.6 Å². The Morgan fingerprint density at radius 1 is 1.23 bits per heavy atom. The first kappa shape index (κ1) is 15.6. The molecule has 0 spiro atoms. The summed E-state index contributed by atoms with van der Waals surface area (Å²) >= 11 is 0. The molecular weight excluding hydrogens is 274 g/mol. The second-order valence-corrected chi connectivity index (χ2v) is 5.06. The van der Waals surface area contributed by atoms with E-state index in [1.807, 2.05) is 31.2 Å². The zero-order chi connectivity index (χ0) is 15.9. The SMILES string of the molecule is CCc1cccc(C)c1NC(=O)CNc1cccc(C#N)c1. The molecule has 0 aliphatic carbocycles. The quantitative estimate of drug-likeness (QED) is 0.887. The van der Waals surface area contributed by atoms with Gasteiger partial charge in [-0.1, -0.05) is 31.2 Å². The van der Waals surface area contributed by atoms with Crippen molar-refractivity contribution in [2.45, 2.75) is 20.3 Å². The van der Waals surface area contributed by atoms with E-state index in [0.29, 0.717) is 5.56 Å². The molecule has 2 aromatic rings. The van der Waals surface area contributed by atoms with Crippen molar-refractivity contribution in [3.05, 3.63) is 59.2 Å². The average molecular weight is 293 g/mol. The Hall–Kier alpha value is -2.80. The van der Waals surface area contributed by atoms with Crippen molar-refractivity contribution in [3.63, 3.8) is 0 Å². The number of hydrogen-bond donors (Lipinski definition) is 2. The van der Waals surface area contributed by atoms with Crippen molar-refractivity contribution in [1.29, 1.82) is 5.26 Å². The maximum absolute atomic E-state index is 12.1. The first-order valence-electron chi connectivity index (χ1n) is 7.26. The lowest BCUT2D eigenvalue weighted by Crippen LogP contribution is -2.22. The third kappa shape index (κ3) is 3.86. The van der Waals surface area contributed by atoms with Crippen LogP contribution in [0, 0.1) is 18.3 Å². The van der Waals surface area contributed by atoms with Crippen LogP contribution in [-0.2, 0) is 11.2 Å². The fourth-order valence-corrected chi connectivity index (χ4v) is 2.27. The Labute approximate surface area is 130 Å². The van der Waals surface area contributed by atoms with Crippen LogP contribution in [0.3, 0.4) is 0 Å². The number of carbonyl (C=O) groups is 1. The molecule has 2 aromatic carbocycles. The predicted octanol–water partition coefficient (Wildman–Crippen LogP) is 3.48. The number of rotatable bonds is 5. The van der Waals surface area contributed by atoms with Gasteiger partial charge in [-0.2, -0.15) is 5.26 Å². The number of carbonyl (C=O) groups excluding carboxylic acids is 1. The number of anilines is 2. The van der Waals surface area contributed by atoms with E-state index in [1.54, 1.807) is 18.2 Å². The summed E-state index contributed by atoms with van der Waals surface area (Å²) in [5.74, 6) is -0.105. The second kappa shape index (κ2) is 7.28. The van der Waals surface area contributed by atoms with Gasteiger partial charge in [-0.15, -0.1) is 0 Å². The Morgan fingerprint density at radius 2 is 2.00 bits per heavy atom. The van der Waals surface area contributed by atoms with Gasteiger partial charge in [0.2, 0.25) is 5.91 Å². The van der Waals surface area contributed by atoms with Crippen LogP contribution in [0.4, 0.5) is 11.4 Å². The molecule has 4 heteroatoms. The van der Waals surface area contributed by atoms with Crippen LogP contribution >= 0.6 is 0 Å². The summed E-state index contributed by atoms with van der Waals surface area (Å²) in [6.45, 7) is 4.21. The molecule has 1 amide bonds. The zero-order valence-corrected chi connectivity index (χ0v) is 12.8. The summed E-state index contributed by atoms with van der Waals surface area (Å²) in [7, 11) is 0. The molecule has 0 aliphatic rings. The minimum absolute atomic E-state index is 0.105. The second-order valence-electron chi connectivity index (χ2n) is 5.06. The highest BCUT2D eigenvalue weighted by atomic mass is 16.1. The standard InChI is InChI=1S/C18H19N3O/c1-3-15-8-4-6-13(2)18(15)21-17(22)12-20-16-9-5-7-14(10-16)11-19/h4-10,20H,3,12H2,1-2H3,(H,21,22). The van der Waals surface area contributed by atoms with Gasteiger partial charge in [0.05, 0.1) is 18.2 Å². The number of benzene rings is 2. The van der Waals surface area contributed by atoms with E-state index < -0.39 is 0 Å². The Kier molecular flexibility index (Phi) is 5.16. The molecule has 0 radical (unpaired) electrons. The van der Waals surface area contributed by atoms with Crippen molar-refractivity contribution in [3.8, 4) is 6.07 Å². The van der Waals surface area contributed by atoms with Gasteiger partial charge in [0, 0.05) is 11.4 Å². The summed E-state index contributed by atoms with van der Waals surface area (Å²) in [5.41, 5.74) is 4.40. The van der Waals surface area contributed by atoms with Crippen LogP contribution < -0.4 is 10.6 Å². The van der Waals surface area contributed by atoms with E-state index in [-0.39, 0.29) is 12.5 Å². The smallest absolute Gasteiger partial charge is 0.243 e. The molecule has 0 aromatic heterocycles. The number of para-hydroxylation sites is 1. The fraction of sp³-hybridized carbons (Fsp3) is 0.222. The Morgan fingerprint density at radius 3 is 2.73 bits per heavy atom. The minimum Gasteiger partial charge on any atom is -0.376 e. The van der Waals surface area contributed by atoms with Gasteiger partial charge in [0.1, 0.15) is 0 Å². The van der Waals surface area contributed by atoms with Crippen LogP contribution in [-0.4, -0.2) is 12.5 Å². The van der Waals surface area contributed by atoms with Crippen LogP contribution in [0.5, 0.6) is 0 Å². The molecule has 0 unspecified atom stereocenters. The van der Waals surface area contributed by atoms with Gasteiger partial charge >= 0.3 is 0 Å². The monoisotopic (exact) mass is 293 g/mol. The number of nitriles is 1. The molecule has 2 N–H and O–H groups in total. The van der Waals surface area contributed by atoms with Gasteiger partial charge in [0.25, 0.3) is 0 Å². The Bertz CT molecular complexity index is 717. The third-order valence-electron chi connectivity index (χ3n) is 3.45. The van der Waals surface area contributed by atoms with E-state index in [1.165, 1.54) is 0 Å². The van der Waals surface area contributed by atoms with Gasteiger partial charge in [0.15, 0.2) is 0 Å². The molecule has 0 fully saturated rings. The van der Waals surface area contributed by atoms with Crippen LogP contribution in [0.15, 0.2) is 42.5 Å². The largest absolute Gasteiger partial charge is 0.376 e.